The van der Waals surface area contributed by atoms with Gasteiger partial charge < -0.3 is 15.3 Å². The molecule has 0 amide bonds. The Labute approximate surface area is 357 Å². The molecule has 0 saturated heterocycles. The van der Waals surface area contributed by atoms with Crippen molar-refractivity contribution < 1.29 is 44.1 Å². The van der Waals surface area contributed by atoms with Gasteiger partial charge >= 0.3 is 18.5 Å². The fraction of sp³-hybridized carbons (Fsp3) is 0.625. The van der Waals surface area contributed by atoms with E-state index in [0.29, 0.717) is 17.8 Å². The number of rotatable bonds is 9. The van der Waals surface area contributed by atoms with E-state index in [9.17, 15) is 0 Å². The van der Waals surface area contributed by atoms with Crippen LogP contribution in [0.3, 0.4) is 0 Å². The molecule has 6 rings (SSSR count). The lowest BCUT2D eigenvalue weighted by molar-refractivity contribution is -0.193. The van der Waals surface area contributed by atoms with Crippen molar-refractivity contribution in [2.45, 2.75) is 156 Å². The average molecular weight is 832 g/mol. The molecular weight excluding hydrogens is 763 g/mol. The Morgan fingerprint density at radius 1 is 0.433 bits per heavy atom. The van der Waals surface area contributed by atoms with Crippen molar-refractivity contribution in [1.82, 2.24) is 15.0 Å². The Morgan fingerprint density at radius 2 is 0.633 bits per heavy atom. The highest BCUT2D eigenvalue weighted by atomic mass is 16.3. The maximum Gasteiger partial charge on any atom is 0.373 e. The summed E-state index contributed by atoms with van der Waals surface area (Å²) in [6.07, 6.45) is 16.8. The Balaban J connectivity index is 0.000000408. The molecule has 12 heteroatoms. The molecule has 0 aliphatic heterocycles. The molecule has 3 aliphatic rings. The lowest BCUT2D eigenvalue weighted by atomic mass is 9.76. The molecule has 3 N–H and O–H groups in total. The Hall–Kier alpha value is -4.53. The van der Waals surface area contributed by atoms with E-state index in [4.69, 9.17) is 44.1 Å². The Kier molecular flexibility index (Phi) is 28.0. The van der Waals surface area contributed by atoms with Gasteiger partial charge in [0.1, 0.15) is 0 Å². The van der Waals surface area contributed by atoms with Gasteiger partial charge in [0.2, 0.25) is 0 Å². The van der Waals surface area contributed by atoms with E-state index in [0.717, 1.165) is 69.7 Å². The van der Waals surface area contributed by atoms with Gasteiger partial charge in [-0.2, -0.15) is 28.8 Å². The summed E-state index contributed by atoms with van der Waals surface area (Å²) in [6.45, 7) is 14.0. The van der Waals surface area contributed by atoms with Crippen LogP contribution in [0.5, 0.6) is 0 Å². The van der Waals surface area contributed by atoms with Gasteiger partial charge in [0.15, 0.2) is 0 Å². The van der Waals surface area contributed by atoms with Gasteiger partial charge in [-0.1, -0.05) is 98.3 Å². The molecule has 12 nitrogen and oxygen atoms in total. The maximum absolute atomic E-state index is 9.13. The molecule has 3 heterocycles. The van der Waals surface area contributed by atoms with Crippen LogP contribution in [0, 0.1) is 35.5 Å². The lowest BCUT2D eigenvalue weighted by Crippen LogP contribution is -2.18. The lowest BCUT2D eigenvalue weighted by Gasteiger charge is -2.30. The van der Waals surface area contributed by atoms with Crippen LogP contribution in [0.1, 0.15) is 171 Å². The molecule has 3 atom stereocenters. The molecule has 0 bridgehead atoms. The van der Waals surface area contributed by atoms with Gasteiger partial charge in [-0.05, 0) is 110 Å². The molecule has 330 valence electrons. The van der Waals surface area contributed by atoms with E-state index in [-0.39, 0.29) is 38.3 Å². The van der Waals surface area contributed by atoms with Crippen molar-refractivity contribution in [3.63, 3.8) is 0 Å². The standard InChI is InChI=1S/3C15H23NO.3CO2/c3*1-11-6-8-13(9-7-11)12(2)15-5-3-4-14(10-17)16-15;3*2-1-3/h3*3-5,11-13,17H,6-10H2,1-2H3;;;/t2*11?,12-,13?;;;;/m10..../s1. The largest absolute Gasteiger partial charge is 0.390 e. The first-order valence-corrected chi connectivity index (χ1v) is 21.5. The van der Waals surface area contributed by atoms with Gasteiger partial charge in [-0.15, -0.1) is 0 Å². The summed E-state index contributed by atoms with van der Waals surface area (Å²) < 4.78 is 0. The number of carbonyl (C=O) groups excluding carboxylic acids is 6. The number of aromatic nitrogens is 3. The minimum absolute atomic E-state index is 0.0439. The Bertz CT molecular complexity index is 1500. The van der Waals surface area contributed by atoms with Crippen molar-refractivity contribution in [3.05, 3.63) is 88.8 Å². The highest BCUT2D eigenvalue weighted by Gasteiger charge is 2.27. The third-order valence-electron chi connectivity index (χ3n) is 12.7. The first-order valence-electron chi connectivity index (χ1n) is 21.5. The summed E-state index contributed by atoms with van der Waals surface area (Å²) in [5.41, 5.74) is 5.82. The van der Waals surface area contributed by atoms with Crippen LogP contribution >= 0.6 is 0 Å². The van der Waals surface area contributed by atoms with Gasteiger partial charge in [0.25, 0.3) is 0 Å². The maximum atomic E-state index is 9.13. The first kappa shape index (κ1) is 53.5. The van der Waals surface area contributed by atoms with Crippen LogP contribution in [0.15, 0.2) is 54.6 Å². The Morgan fingerprint density at radius 3 is 0.817 bits per heavy atom. The van der Waals surface area contributed by atoms with Crippen molar-refractivity contribution in [1.29, 1.82) is 0 Å². The molecule has 0 radical (unpaired) electrons. The number of aliphatic hydroxyl groups is 3. The minimum atomic E-state index is 0.0439. The second-order valence-electron chi connectivity index (χ2n) is 16.8. The van der Waals surface area contributed by atoms with Crippen LogP contribution in [0.4, 0.5) is 0 Å². The first-order chi connectivity index (χ1) is 28.9. The smallest absolute Gasteiger partial charge is 0.373 e. The van der Waals surface area contributed by atoms with Crippen molar-refractivity contribution in [2.24, 2.45) is 35.5 Å². The molecule has 0 spiro atoms. The van der Waals surface area contributed by atoms with E-state index >= 15 is 0 Å². The summed E-state index contributed by atoms with van der Waals surface area (Å²) in [7, 11) is 0. The van der Waals surface area contributed by atoms with Gasteiger partial charge in [-0.3, -0.25) is 15.0 Å². The van der Waals surface area contributed by atoms with Crippen molar-refractivity contribution in [2.75, 3.05) is 0 Å². The van der Waals surface area contributed by atoms with Gasteiger partial charge in [0.05, 0.1) is 36.9 Å². The second-order valence-corrected chi connectivity index (χ2v) is 16.8. The second kappa shape index (κ2) is 31.4. The monoisotopic (exact) mass is 832 g/mol. The quantitative estimate of drug-likeness (QED) is 0.185. The summed E-state index contributed by atoms with van der Waals surface area (Å²) >= 11 is 0. The van der Waals surface area contributed by atoms with E-state index in [1.165, 1.54) is 77.0 Å². The number of hydrogen-bond acceptors (Lipinski definition) is 12. The molecule has 3 aromatic rings. The predicted octanol–water partition coefficient (Wildman–Crippen LogP) is 8.76. The summed E-state index contributed by atoms with van der Waals surface area (Å²) in [5, 5.41) is 27.4. The van der Waals surface area contributed by atoms with Crippen molar-refractivity contribution >= 4 is 18.5 Å². The highest BCUT2D eigenvalue weighted by Crippen LogP contribution is 2.39. The number of pyridine rings is 3. The van der Waals surface area contributed by atoms with Crippen molar-refractivity contribution in [3.8, 4) is 0 Å². The topological polar surface area (TPSA) is 202 Å². The molecule has 60 heavy (non-hydrogen) atoms. The molecule has 3 aromatic heterocycles. The molecule has 3 fully saturated rings. The summed E-state index contributed by atoms with van der Waals surface area (Å²) in [4.78, 5) is 62.4. The summed E-state index contributed by atoms with van der Waals surface area (Å²) in [6, 6.07) is 18.0. The van der Waals surface area contributed by atoms with Gasteiger partial charge in [0, 0.05) is 34.8 Å². The van der Waals surface area contributed by atoms with Crippen LogP contribution in [-0.2, 0) is 48.6 Å². The predicted molar refractivity (Wildman–Crippen MR) is 224 cm³/mol. The average Bonchev–Trinajstić information content (AvgIpc) is 3.28. The molecule has 3 aliphatic carbocycles. The van der Waals surface area contributed by atoms with Gasteiger partial charge in [-0.25, -0.2) is 0 Å². The van der Waals surface area contributed by atoms with E-state index in [2.05, 4.69) is 74.7 Å². The van der Waals surface area contributed by atoms with Crippen LogP contribution in [0.25, 0.3) is 0 Å². The third kappa shape index (κ3) is 20.2. The zero-order valence-electron chi connectivity index (χ0n) is 36.6. The summed E-state index contributed by atoms with van der Waals surface area (Å²) in [5.74, 6) is 6.57. The number of nitrogens with zero attached hydrogens (tertiary/aromatic N) is 3. The fourth-order valence-electron chi connectivity index (χ4n) is 8.60. The normalized spacial score (nSPS) is 23.1. The minimum Gasteiger partial charge on any atom is -0.390 e. The van der Waals surface area contributed by atoms with E-state index < -0.39 is 0 Å². The number of aliphatic hydroxyl groups excluding tert-OH is 3. The SMILES string of the molecule is CC1CCC(C(C)c2cccc(CO)n2)CC1.CC1CCC([C@@H](C)c2cccc(CO)n2)CC1.CC1CCC([C@H](C)c2cccc(CO)n2)CC1.O=C=O.O=C=O.O=C=O. The van der Waals surface area contributed by atoms with Crippen LogP contribution < -0.4 is 0 Å². The van der Waals surface area contributed by atoms with E-state index in [1.54, 1.807) is 0 Å². The molecule has 1 unspecified atom stereocenters. The van der Waals surface area contributed by atoms with E-state index in [1.807, 2.05) is 36.4 Å². The van der Waals surface area contributed by atoms with Crippen LogP contribution in [0.2, 0.25) is 0 Å². The third-order valence-corrected chi connectivity index (χ3v) is 12.7. The zero-order chi connectivity index (χ0) is 44.9. The molecule has 0 aromatic carbocycles. The zero-order valence-corrected chi connectivity index (χ0v) is 36.6. The molecular formula is C48H69N3O9. The highest BCUT2D eigenvalue weighted by molar-refractivity contribution is 5.21. The number of hydrogen-bond donors (Lipinski definition) is 3. The van der Waals surface area contributed by atoms with Crippen LogP contribution in [-0.4, -0.2) is 48.7 Å². The molecule has 3 saturated carbocycles. The fourth-order valence-corrected chi connectivity index (χ4v) is 8.60.